The van der Waals surface area contributed by atoms with Crippen molar-refractivity contribution in [1.82, 2.24) is 9.97 Å². The first-order valence-electron chi connectivity index (χ1n) is 6.61. The molecule has 0 atom stereocenters. The lowest BCUT2D eigenvalue weighted by Gasteiger charge is -2.05. The van der Waals surface area contributed by atoms with E-state index >= 15 is 0 Å². The van der Waals surface area contributed by atoms with E-state index < -0.39 is 0 Å². The number of thioether (sulfide) groups is 1. The molecule has 3 aromatic rings. The molecule has 0 saturated carbocycles. The van der Waals surface area contributed by atoms with Crippen molar-refractivity contribution in [2.75, 3.05) is 7.11 Å². The van der Waals surface area contributed by atoms with Crippen LogP contribution in [0.5, 0.6) is 5.75 Å². The molecule has 0 aliphatic carbocycles. The zero-order valence-electron chi connectivity index (χ0n) is 11.8. The highest BCUT2D eigenvalue weighted by Crippen LogP contribution is 2.24. The van der Waals surface area contributed by atoms with E-state index in [1.807, 2.05) is 24.3 Å². The molecule has 0 aliphatic rings. The van der Waals surface area contributed by atoms with Gasteiger partial charge in [0.05, 0.1) is 23.8 Å². The van der Waals surface area contributed by atoms with Crippen molar-refractivity contribution in [3.8, 4) is 5.75 Å². The number of hydrogen-bond acceptors (Lipinski definition) is 4. The molecule has 1 N–H and O–H groups in total. The molecule has 6 heteroatoms. The van der Waals surface area contributed by atoms with E-state index in [0.717, 1.165) is 10.6 Å². The molecule has 3 rings (SSSR count). The summed E-state index contributed by atoms with van der Waals surface area (Å²) in [6.07, 6.45) is 0. The summed E-state index contributed by atoms with van der Waals surface area (Å²) in [5.41, 5.74) is 0.466. The van der Waals surface area contributed by atoms with Gasteiger partial charge in [0, 0.05) is 9.92 Å². The minimum Gasteiger partial charge on any atom is -0.497 e. The van der Waals surface area contributed by atoms with Gasteiger partial charge in [-0.2, -0.15) is 0 Å². The minimum absolute atomic E-state index is 0.146. The van der Waals surface area contributed by atoms with Crippen molar-refractivity contribution >= 4 is 34.3 Å². The fourth-order valence-electron chi connectivity index (χ4n) is 2.05. The topological polar surface area (TPSA) is 55.0 Å². The van der Waals surface area contributed by atoms with Gasteiger partial charge < -0.3 is 9.72 Å². The average molecular weight is 333 g/mol. The van der Waals surface area contributed by atoms with Crippen molar-refractivity contribution in [3.05, 3.63) is 63.7 Å². The number of halogens is 1. The summed E-state index contributed by atoms with van der Waals surface area (Å²) in [4.78, 5) is 20.4. The van der Waals surface area contributed by atoms with Crippen LogP contribution in [0.15, 0.2) is 52.2 Å². The Labute approximate surface area is 136 Å². The second-order valence-corrected chi connectivity index (χ2v) is 6.12. The number of H-pyrrole nitrogens is 1. The molecule has 0 radical (unpaired) electrons. The lowest BCUT2D eigenvalue weighted by atomic mass is 10.2. The third-order valence-corrected chi connectivity index (χ3v) is 4.41. The Morgan fingerprint density at radius 1 is 1.23 bits per heavy atom. The monoisotopic (exact) mass is 332 g/mol. The highest BCUT2D eigenvalue weighted by Gasteiger charge is 2.05. The van der Waals surface area contributed by atoms with Crippen molar-refractivity contribution in [2.45, 2.75) is 10.6 Å². The number of rotatable bonds is 4. The Balaban J connectivity index is 1.82. The maximum atomic E-state index is 12.0. The minimum atomic E-state index is -0.146. The highest BCUT2D eigenvalue weighted by atomic mass is 35.5. The van der Waals surface area contributed by atoms with E-state index in [0.29, 0.717) is 27.5 Å². The molecule has 1 aromatic heterocycles. The highest BCUT2D eigenvalue weighted by molar-refractivity contribution is 7.98. The van der Waals surface area contributed by atoms with Crippen LogP contribution in [0.1, 0.15) is 5.82 Å². The predicted octanol–water partition coefficient (Wildman–Crippen LogP) is 3.88. The number of methoxy groups -OCH3 is 1. The molecule has 0 spiro atoms. The van der Waals surface area contributed by atoms with Gasteiger partial charge in [-0.05, 0) is 42.5 Å². The van der Waals surface area contributed by atoms with Crippen molar-refractivity contribution < 1.29 is 4.74 Å². The molecule has 22 heavy (non-hydrogen) atoms. The number of aromatic amines is 1. The van der Waals surface area contributed by atoms with Crippen LogP contribution in [0.3, 0.4) is 0 Å². The van der Waals surface area contributed by atoms with Crippen molar-refractivity contribution in [3.63, 3.8) is 0 Å². The molecule has 0 bridgehead atoms. The van der Waals surface area contributed by atoms with Gasteiger partial charge in [-0.1, -0.05) is 11.6 Å². The third-order valence-electron chi connectivity index (χ3n) is 3.15. The van der Waals surface area contributed by atoms with Crippen LogP contribution in [-0.4, -0.2) is 17.1 Å². The summed E-state index contributed by atoms with van der Waals surface area (Å²) in [6, 6.07) is 12.8. The normalized spacial score (nSPS) is 10.8. The van der Waals surface area contributed by atoms with Crippen LogP contribution in [0, 0.1) is 0 Å². The zero-order valence-corrected chi connectivity index (χ0v) is 13.4. The first kappa shape index (κ1) is 14.9. The molecule has 2 aromatic carbocycles. The van der Waals surface area contributed by atoms with Crippen LogP contribution in [0.2, 0.25) is 5.02 Å². The van der Waals surface area contributed by atoms with Crippen LogP contribution in [0.4, 0.5) is 0 Å². The number of aromatic nitrogens is 2. The van der Waals surface area contributed by atoms with E-state index in [-0.39, 0.29) is 5.56 Å². The van der Waals surface area contributed by atoms with Gasteiger partial charge in [-0.25, -0.2) is 4.98 Å². The summed E-state index contributed by atoms with van der Waals surface area (Å²) in [7, 11) is 1.64. The molecule has 0 fully saturated rings. The molecule has 4 nitrogen and oxygen atoms in total. The third kappa shape index (κ3) is 3.26. The molecule has 0 aliphatic heterocycles. The Morgan fingerprint density at radius 3 is 2.73 bits per heavy atom. The molecule has 1 heterocycles. The van der Waals surface area contributed by atoms with Crippen LogP contribution in [0.25, 0.3) is 10.9 Å². The largest absolute Gasteiger partial charge is 0.497 e. The Morgan fingerprint density at radius 2 is 2.00 bits per heavy atom. The molecule has 0 saturated heterocycles. The molecule has 112 valence electrons. The average Bonchev–Trinajstić information content (AvgIpc) is 2.53. The first-order valence-corrected chi connectivity index (χ1v) is 7.97. The SMILES string of the molecule is COc1ccc(SCc2nc3cc(Cl)ccc3c(=O)[nH]2)cc1. The van der Waals surface area contributed by atoms with E-state index in [4.69, 9.17) is 16.3 Å². The van der Waals surface area contributed by atoms with Gasteiger partial charge in [-0.3, -0.25) is 4.79 Å². The number of nitrogens with one attached hydrogen (secondary N) is 1. The fraction of sp³-hybridized carbons (Fsp3) is 0.125. The second-order valence-electron chi connectivity index (χ2n) is 4.64. The lowest BCUT2D eigenvalue weighted by molar-refractivity contribution is 0.414. The molecule has 0 amide bonds. The Bertz CT molecular complexity index is 862. The van der Waals surface area contributed by atoms with Gasteiger partial charge >= 0.3 is 0 Å². The maximum absolute atomic E-state index is 12.0. The standard InChI is InChI=1S/C16H13ClN2O2S/c1-21-11-3-5-12(6-4-11)22-9-15-18-14-8-10(17)2-7-13(14)16(20)19-15/h2-8H,9H2,1H3,(H,18,19,20). The van der Waals surface area contributed by atoms with Crippen LogP contribution >= 0.6 is 23.4 Å². The first-order chi connectivity index (χ1) is 10.7. The van der Waals surface area contributed by atoms with Gasteiger partial charge in [0.1, 0.15) is 11.6 Å². The smallest absolute Gasteiger partial charge is 0.258 e. The number of hydrogen-bond donors (Lipinski definition) is 1. The number of fused-ring (bicyclic) bond motifs is 1. The summed E-state index contributed by atoms with van der Waals surface area (Å²) in [5, 5.41) is 1.11. The van der Waals surface area contributed by atoms with Crippen LogP contribution in [-0.2, 0) is 5.75 Å². The summed E-state index contributed by atoms with van der Waals surface area (Å²) < 4.78 is 5.13. The van der Waals surface area contributed by atoms with Gasteiger partial charge in [0.15, 0.2) is 0 Å². The summed E-state index contributed by atoms with van der Waals surface area (Å²) >= 11 is 7.55. The van der Waals surface area contributed by atoms with E-state index in [1.165, 1.54) is 0 Å². The van der Waals surface area contributed by atoms with Gasteiger partial charge in [0.2, 0.25) is 0 Å². The van der Waals surface area contributed by atoms with E-state index in [1.54, 1.807) is 37.1 Å². The Kier molecular flexibility index (Phi) is 4.36. The number of nitrogens with zero attached hydrogens (tertiary/aromatic N) is 1. The molecule has 0 unspecified atom stereocenters. The fourth-order valence-corrected chi connectivity index (χ4v) is 2.99. The number of benzene rings is 2. The predicted molar refractivity (Wildman–Crippen MR) is 89.9 cm³/mol. The molecular formula is C16H13ClN2O2S. The summed E-state index contributed by atoms with van der Waals surface area (Å²) in [5.74, 6) is 2.01. The second kappa shape index (κ2) is 6.42. The van der Waals surface area contributed by atoms with Crippen molar-refractivity contribution in [1.29, 1.82) is 0 Å². The van der Waals surface area contributed by atoms with Crippen molar-refractivity contribution in [2.24, 2.45) is 0 Å². The quantitative estimate of drug-likeness (QED) is 0.737. The zero-order chi connectivity index (χ0) is 15.5. The van der Waals surface area contributed by atoms with Gasteiger partial charge in [0.25, 0.3) is 5.56 Å². The number of ether oxygens (including phenoxy) is 1. The van der Waals surface area contributed by atoms with E-state index in [2.05, 4.69) is 9.97 Å². The maximum Gasteiger partial charge on any atom is 0.258 e. The van der Waals surface area contributed by atoms with Crippen LogP contribution < -0.4 is 10.3 Å². The van der Waals surface area contributed by atoms with E-state index in [9.17, 15) is 4.79 Å². The molecular weight excluding hydrogens is 320 g/mol. The summed E-state index contributed by atoms with van der Waals surface area (Å²) in [6.45, 7) is 0. The van der Waals surface area contributed by atoms with Gasteiger partial charge in [-0.15, -0.1) is 11.8 Å². The Hall–Kier alpha value is -1.98. The lowest BCUT2D eigenvalue weighted by Crippen LogP contribution is -2.11.